The van der Waals surface area contributed by atoms with Crippen LogP contribution in [0.3, 0.4) is 0 Å². The standard InChI is InChI=1S/C16H21N3O2/c1-4-5-6-7-15(20)18-13-8-10-14(11-9-13)19-16(21)17-12(2)3/h4-12H,1-3H3,(H,18,20)(H2,17,19,21)/b5-4+,7-6+. The van der Waals surface area contributed by atoms with Crippen molar-refractivity contribution in [3.8, 4) is 0 Å². The average Bonchev–Trinajstić information content (AvgIpc) is 2.40. The van der Waals surface area contributed by atoms with Crippen molar-refractivity contribution in [2.45, 2.75) is 26.8 Å². The summed E-state index contributed by atoms with van der Waals surface area (Å²) in [6, 6.07) is 6.73. The number of hydrogen-bond donors (Lipinski definition) is 3. The number of allylic oxidation sites excluding steroid dienone is 3. The van der Waals surface area contributed by atoms with Crippen molar-refractivity contribution in [3.05, 3.63) is 48.6 Å². The smallest absolute Gasteiger partial charge is 0.319 e. The Kier molecular flexibility index (Phi) is 6.74. The summed E-state index contributed by atoms with van der Waals surface area (Å²) in [6.07, 6.45) is 6.73. The molecule has 1 aromatic carbocycles. The minimum absolute atomic E-state index is 0.0764. The minimum Gasteiger partial charge on any atom is -0.336 e. The second-order valence-corrected chi connectivity index (χ2v) is 4.70. The fourth-order valence-corrected chi connectivity index (χ4v) is 1.50. The highest BCUT2D eigenvalue weighted by atomic mass is 16.2. The summed E-state index contributed by atoms with van der Waals surface area (Å²) in [5, 5.41) is 8.17. The Labute approximate surface area is 125 Å². The Balaban J connectivity index is 2.54. The molecule has 21 heavy (non-hydrogen) atoms. The third kappa shape index (κ3) is 6.96. The first-order valence-electron chi connectivity index (χ1n) is 6.79. The van der Waals surface area contributed by atoms with Gasteiger partial charge in [-0.25, -0.2) is 4.79 Å². The maximum Gasteiger partial charge on any atom is 0.319 e. The largest absolute Gasteiger partial charge is 0.336 e. The van der Waals surface area contributed by atoms with Gasteiger partial charge in [-0.2, -0.15) is 0 Å². The summed E-state index contributed by atoms with van der Waals surface area (Å²) in [4.78, 5) is 23.1. The Morgan fingerprint density at radius 3 is 2.10 bits per heavy atom. The molecule has 5 heteroatoms. The van der Waals surface area contributed by atoms with E-state index in [2.05, 4.69) is 16.0 Å². The van der Waals surface area contributed by atoms with Crippen molar-refractivity contribution >= 4 is 23.3 Å². The number of carbonyl (C=O) groups excluding carboxylic acids is 2. The lowest BCUT2D eigenvalue weighted by Gasteiger charge is -2.10. The zero-order valence-electron chi connectivity index (χ0n) is 12.5. The number of nitrogens with one attached hydrogen (secondary N) is 3. The van der Waals surface area contributed by atoms with Crippen molar-refractivity contribution in [2.24, 2.45) is 0 Å². The predicted molar refractivity (Wildman–Crippen MR) is 86.3 cm³/mol. The van der Waals surface area contributed by atoms with Crippen molar-refractivity contribution in [2.75, 3.05) is 10.6 Å². The molecule has 0 radical (unpaired) electrons. The van der Waals surface area contributed by atoms with Crippen molar-refractivity contribution in [3.63, 3.8) is 0 Å². The molecule has 0 unspecified atom stereocenters. The van der Waals surface area contributed by atoms with Gasteiger partial charge in [0.05, 0.1) is 0 Å². The van der Waals surface area contributed by atoms with E-state index in [9.17, 15) is 9.59 Å². The monoisotopic (exact) mass is 287 g/mol. The summed E-state index contributed by atoms with van der Waals surface area (Å²) in [5.74, 6) is -0.202. The summed E-state index contributed by atoms with van der Waals surface area (Å²) in [7, 11) is 0. The SMILES string of the molecule is C/C=C/C=C/C(=O)Nc1ccc(NC(=O)NC(C)C)cc1. The molecule has 0 spiro atoms. The molecule has 0 aromatic heterocycles. The molecule has 1 rings (SSSR count). The highest BCUT2D eigenvalue weighted by Gasteiger charge is 2.03. The molecule has 0 saturated heterocycles. The van der Waals surface area contributed by atoms with Crippen LogP contribution < -0.4 is 16.0 Å². The van der Waals surface area contributed by atoms with Crippen LogP contribution in [-0.4, -0.2) is 18.0 Å². The Morgan fingerprint density at radius 2 is 1.57 bits per heavy atom. The molecule has 0 aliphatic heterocycles. The first kappa shape index (κ1) is 16.5. The van der Waals surface area contributed by atoms with Crippen LogP contribution in [0.2, 0.25) is 0 Å². The van der Waals surface area contributed by atoms with Crippen LogP contribution in [0.15, 0.2) is 48.6 Å². The van der Waals surface area contributed by atoms with Gasteiger partial charge < -0.3 is 16.0 Å². The predicted octanol–water partition coefficient (Wildman–Crippen LogP) is 3.29. The van der Waals surface area contributed by atoms with Crippen LogP contribution in [0.4, 0.5) is 16.2 Å². The molecule has 0 fully saturated rings. The third-order valence-corrected chi connectivity index (χ3v) is 2.38. The number of urea groups is 1. The van der Waals surface area contributed by atoms with E-state index in [1.165, 1.54) is 6.08 Å². The van der Waals surface area contributed by atoms with E-state index in [1.54, 1.807) is 36.4 Å². The van der Waals surface area contributed by atoms with Crippen molar-refractivity contribution < 1.29 is 9.59 Å². The van der Waals surface area contributed by atoms with E-state index in [0.29, 0.717) is 11.4 Å². The number of carbonyl (C=O) groups is 2. The first-order chi connectivity index (χ1) is 10.0. The molecule has 0 bridgehead atoms. The minimum atomic E-state index is -0.254. The summed E-state index contributed by atoms with van der Waals surface area (Å²) in [5.41, 5.74) is 1.33. The van der Waals surface area contributed by atoms with E-state index in [0.717, 1.165) is 0 Å². The van der Waals surface area contributed by atoms with Gasteiger partial charge in [0.2, 0.25) is 5.91 Å². The Bertz CT molecular complexity index is 531. The van der Waals surface area contributed by atoms with Crippen LogP contribution in [0, 0.1) is 0 Å². The van der Waals surface area contributed by atoms with E-state index < -0.39 is 0 Å². The van der Waals surface area contributed by atoms with Gasteiger partial charge in [0.1, 0.15) is 0 Å². The average molecular weight is 287 g/mol. The van der Waals surface area contributed by atoms with E-state index in [-0.39, 0.29) is 18.0 Å². The van der Waals surface area contributed by atoms with Crippen LogP contribution in [0.1, 0.15) is 20.8 Å². The van der Waals surface area contributed by atoms with Gasteiger partial charge in [0, 0.05) is 23.5 Å². The van der Waals surface area contributed by atoms with E-state index in [1.807, 2.05) is 26.8 Å². The maximum atomic E-state index is 11.6. The fraction of sp³-hybridized carbons (Fsp3) is 0.250. The van der Waals surface area contributed by atoms with E-state index in [4.69, 9.17) is 0 Å². The molecule has 5 nitrogen and oxygen atoms in total. The van der Waals surface area contributed by atoms with Gasteiger partial charge in [-0.15, -0.1) is 0 Å². The molecule has 0 atom stereocenters. The number of anilines is 2. The Morgan fingerprint density at radius 1 is 1.00 bits per heavy atom. The number of rotatable bonds is 5. The second kappa shape index (κ2) is 8.58. The zero-order valence-corrected chi connectivity index (χ0v) is 12.5. The molecule has 0 aliphatic carbocycles. The first-order valence-corrected chi connectivity index (χ1v) is 6.79. The van der Waals surface area contributed by atoms with Crippen LogP contribution in [-0.2, 0) is 4.79 Å². The van der Waals surface area contributed by atoms with Crippen molar-refractivity contribution in [1.82, 2.24) is 5.32 Å². The molecule has 0 saturated carbocycles. The highest BCUT2D eigenvalue weighted by molar-refractivity contribution is 5.99. The number of amides is 3. The Hall–Kier alpha value is -2.56. The van der Waals surface area contributed by atoms with Gasteiger partial charge in [-0.05, 0) is 45.0 Å². The molecule has 3 N–H and O–H groups in total. The quantitative estimate of drug-likeness (QED) is 0.574. The van der Waals surface area contributed by atoms with Gasteiger partial charge in [0.15, 0.2) is 0 Å². The molecule has 1 aromatic rings. The van der Waals surface area contributed by atoms with E-state index >= 15 is 0 Å². The summed E-state index contributed by atoms with van der Waals surface area (Å²) < 4.78 is 0. The lowest BCUT2D eigenvalue weighted by molar-refractivity contribution is -0.111. The molecule has 0 aliphatic rings. The van der Waals surface area contributed by atoms with Crippen LogP contribution in [0.25, 0.3) is 0 Å². The molecule has 0 heterocycles. The van der Waals surface area contributed by atoms with Gasteiger partial charge in [0.25, 0.3) is 0 Å². The lowest BCUT2D eigenvalue weighted by Crippen LogP contribution is -2.34. The van der Waals surface area contributed by atoms with Gasteiger partial charge in [-0.1, -0.05) is 18.2 Å². The molecular weight excluding hydrogens is 266 g/mol. The van der Waals surface area contributed by atoms with Crippen molar-refractivity contribution in [1.29, 1.82) is 0 Å². The fourth-order valence-electron chi connectivity index (χ4n) is 1.50. The maximum absolute atomic E-state index is 11.6. The van der Waals surface area contributed by atoms with Gasteiger partial charge in [-0.3, -0.25) is 4.79 Å². The number of benzene rings is 1. The highest BCUT2D eigenvalue weighted by Crippen LogP contribution is 2.13. The van der Waals surface area contributed by atoms with Crippen LogP contribution >= 0.6 is 0 Å². The lowest BCUT2D eigenvalue weighted by atomic mass is 10.2. The third-order valence-electron chi connectivity index (χ3n) is 2.38. The second-order valence-electron chi connectivity index (χ2n) is 4.70. The zero-order chi connectivity index (χ0) is 15.7. The molecular formula is C16H21N3O2. The molecule has 112 valence electrons. The summed E-state index contributed by atoms with van der Waals surface area (Å²) in [6.45, 7) is 5.66. The number of hydrogen-bond acceptors (Lipinski definition) is 2. The normalized spacial score (nSPS) is 11.0. The van der Waals surface area contributed by atoms with Crippen LogP contribution in [0.5, 0.6) is 0 Å². The topological polar surface area (TPSA) is 70.2 Å². The molecule has 3 amide bonds. The summed E-state index contributed by atoms with van der Waals surface area (Å²) >= 11 is 0. The van der Waals surface area contributed by atoms with Gasteiger partial charge >= 0.3 is 6.03 Å².